The van der Waals surface area contributed by atoms with Gasteiger partial charge in [0.2, 0.25) is 0 Å². The molecule has 7 nitrogen and oxygen atoms in total. The van der Waals surface area contributed by atoms with Crippen LogP contribution in [0.1, 0.15) is 33.9 Å². The van der Waals surface area contributed by atoms with Crippen molar-refractivity contribution in [1.82, 2.24) is 10.3 Å². The smallest absolute Gasteiger partial charge is 0.335 e. The third kappa shape index (κ3) is 4.34. The lowest BCUT2D eigenvalue weighted by Gasteiger charge is -2.26. The molecule has 1 aliphatic heterocycles. The van der Waals surface area contributed by atoms with Crippen LogP contribution in [0.3, 0.4) is 0 Å². The van der Waals surface area contributed by atoms with Gasteiger partial charge in [-0.3, -0.25) is 4.98 Å². The highest BCUT2D eigenvalue weighted by molar-refractivity contribution is 7.80. The van der Waals surface area contributed by atoms with Crippen LogP contribution in [0.5, 0.6) is 5.75 Å². The predicted octanol–water partition coefficient (Wildman–Crippen LogP) is 5.88. The monoisotopic (exact) mass is 505 g/mol. The molecule has 176 valence electrons. The second kappa shape index (κ2) is 9.40. The summed E-state index contributed by atoms with van der Waals surface area (Å²) in [4.78, 5) is 18.0. The Bertz CT molecular complexity index is 1390. The maximum atomic E-state index is 11.5. The molecule has 2 atom stereocenters. The average Bonchev–Trinajstić information content (AvgIpc) is 3.49. The highest BCUT2D eigenvalue weighted by Gasteiger charge is 2.42. The highest BCUT2D eigenvalue weighted by atomic mass is 35.5. The second-order valence-corrected chi connectivity index (χ2v) is 8.69. The molecule has 3 heterocycles. The fourth-order valence-corrected chi connectivity index (χ4v) is 4.73. The Morgan fingerprint density at radius 3 is 2.63 bits per heavy atom. The van der Waals surface area contributed by atoms with Crippen LogP contribution < -0.4 is 15.0 Å². The van der Waals surface area contributed by atoms with E-state index in [9.17, 15) is 9.90 Å². The molecule has 1 aliphatic rings. The van der Waals surface area contributed by atoms with Gasteiger partial charge < -0.3 is 24.5 Å². The number of hydrogen-bond donors (Lipinski definition) is 2. The summed E-state index contributed by atoms with van der Waals surface area (Å²) >= 11 is 12.1. The molecule has 0 saturated carbocycles. The molecule has 0 radical (unpaired) electrons. The van der Waals surface area contributed by atoms with Gasteiger partial charge >= 0.3 is 5.97 Å². The van der Waals surface area contributed by atoms with Crippen molar-refractivity contribution in [3.63, 3.8) is 0 Å². The van der Waals surface area contributed by atoms with E-state index in [1.807, 2.05) is 53.4 Å². The summed E-state index contributed by atoms with van der Waals surface area (Å²) in [7, 11) is 1.62. The molecule has 0 spiro atoms. The van der Waals surface area contributed by atoms with Crippen molar-refractivity contribution >= 4 is 40.6 Å². The third-order valence-electron chi connectivity index (χ3n) is 5.85. The van der Waals surface area contributed by atoms with Crippen molar-refractivity contribution in [3.8, 4) is 17.1 Å². The van der Waals surface area contributed by atoms with Crippen molar-refractivity contribution in [3.05, 3.63) is 101 Å². The van der Waals surface area contributed by atoms with Gasteiger partial charge in [-0.25, -0.2) is 4.79 Å². The van der Waals surface area contributed by atoms with E-state index in [0.717, 1.165) is 17.1 Å². The summed E-state index contributed by atoms with van der Waals surface area (Å²) in [6.07, 6.45) is 1.73. The van der Waals surface area contributed by atoms with E-state index in [1.54, 1.807) is 25.4 Å². The molecule has 1 fully saturated rings. The number of benzene rings is 2. The Labute approximate surface area is 211 Å². The van der Waals surface area contributed by atoms with E-state index >= 15 is 0 Å². The lowest BCUT2D eigenvalue weighted by atomic mass is 10.0. The number of anilines is 1. The minimum absolute atomic E-state index is 0.122. The summed E-state index contributed by atoms with van der Waals surface area (Å²) in [5.74, 6) is 0.773. The number of halogens is 1. The summed E-state index contributed by atoms with van der Waals surface area (Å²) in [5.41, 5.74) is 2.28. The molecule has 1 saturated heterocycles. The van der Waals surface area contributed by atoms with Gasteiger partial charge in [0.15, 0.2) is 5.11 Å². The first-order chi connectivity index (χ1) is 17.0. The fraction of sp³-hybridized carbons (Fsp3) is 0.115. The number of aromatic nitrogens is 1. The van der Waals surface area contributed by atoms with Gasteiger partial charge in [0.05, 0.1) is 29.4 Å². The number of pyridine rings is 1. The molecular weight excluding hydrogens is 486 g/mol. The van der Waals surface area contributed by atoms with Crippen molar-refractivity contribution in [2.75, 3.05) is 12.0 Å². The predicted molar refractivity (Wildman–Crippen MR) is 137 cm³/mol. The van der Waals surface area contributed by atoms with Crippen LogP contribution in [0, 0.1) is 0 Å². The number of hydrogen-bond acceptors (Lipinski definition) is 5. The van der Waals surface area contributed by atoms with Crippen LogP contribution in [0.25, 0.3) is 11.3 Å². The zero-order valence-electron chi connectivity index (χ0n) is 18.5. The van der Waals surface area contributed by atoms with Gasteiger partial charge in [-0.15, -0.1) is 0 Å². The Hall–Kier alpha value is -3.88. The Balaban J connectivity index is 1.60. The van der Waals surface area contributed by atoms with Gasteiger partial charge in [0.25, 0.3) is 0 Å². The molecule has 2 aromatic carbocycles. The Kier molecular flexibility index (Phi) is 6.15. The van der Waals surface area contributed by atoms with E-state index in [-0.39, 0.29) is 17.6 Å². The molecule has 2 N–H and O–H groups in total. The molecular formula is C26H20ClN3O4S. The second-order valence-electron chi connectivity index (χ2n) is 7.90. The lowest BCUT2D eigenvalue weighted by Crippen LogP contribution is -2.29. The molecule has 9 heteroatoms. The number of thiocarbonyl (C=S) groups is 1. The number of carbonyl (C=O) groups is 1. The number of rotatable bonds is 6. The van der Waals surface area contributed by atoms with E-state index in [4.69, 9.17) is 33.0 Å². The summed E-state index contributed by atoms with van der Waals surface area (Å²) < 4.78 is 11.6. The number of carboxylic acids is 1. The first-order valence-corrected chi connectivity index (χ1v) is 11.5. The van der Waals surface area contributed by atoms with Crippen molar-refractivity contribution in [2.24, 2.45) is 0 Å². The normalized spacial score (nSPS) is 17.3. The molecule has 0 amide bonds. The third-order valence-corrected chi connectivity index (χ3v) is 6.49. The number of carboxylic acid groups (broad SMARTS) is 1. The Morgan fingerprint density at radius 1 is 1.14 bits per heavy atom. The first kappa shape index (κ1) is 22.9. The number of furan rings is 1. The standard InChI is InChI=1S/C26H20ClN3O4S/c1-33-17-8-6-16(7-9-17)30-24(23(29-26(30)35)20-4-2-3-13-28-20)22-12-11-21(34-22)18-14-15(25(31)32)5-10-19(18)27/h2-14,23-24H,1H3,(H,29,35)(H,31,32)/t23-,24+/m1/s1. The van der Waals surface area contributed by atoms with Crippen molar-refractivity contribution < 1.29 is 19.1 Å². The maximum Gasteiger partial charge on any atom is 0.335 e. The number of aromatic carboxylic acids is 1. The fourth-order valence-electron chi connectivity index (χ4n) is 4.17. The van der Waals surface area contributed by atoms with Gasteiger partial charge in [0, 0.05) is 17.4 Å². The van der Waals surface area contributed by atoms with Crippen LogP contribution >= 0.6 is 23.8 Å². The molecule has 0 aliphatic carbocycles. The maximum absolute atomic E-state index is 11.5. The topological polar surface area (TPSA) is 87.8 Å². The van der Waals surface area contributed by atoms with Gasteiger partial charge in [-0.1, -0.05) is 17.7 Å². The molecule has 0 unspecified atom stereocenters. The van der Waals surface area contributed by atoms with Gasteiger partial charge in [-0.2, -0.15) is 0 Å². The van der Waals surface area contributed by atoms with Gasteiger partial charge in [-0.05, 0) is 78.9 Å². The van der Waals surface area contributed by atoms with Crippen LogP contribution in [0.15, 0.2) is 83.4 Å². The first-order valence-electron chi connectivity index (χ1n) is 10.7. The zero-order valence-corrected chi connectivity index (χ0v) is 20.1. The Morgan fingerprint density at radius 2 is 1.94 bits per heavy atom. The molecule has 4 aromatic rings. The van der Waals surface area contributed by atoms with Crippen LogP contribution in [-0.2, 0) is 0 Å². The molecule has 5 rings (SSSR count). The van der Waals surface area contributed by atoms with E-state index < -0.39 is 5.97 Å². The number of methoxy groups -OCH3 is 1. The number of ether oxygens (including phenoxy) is 1. The number of nitrogens with zero attached hydrogens (tertiary/aromatic N) is 2. The molecule has 2 aromatic heterocycles. The molecule has 35 heavy (non-hydrogen) atoms. The largest absolute Gasteiger partial charge is 0.497 e. The van der Waals surface area contributed by atoms with Crippen molar-refractivity contribution in [1.29, 1.82) is 0 Å². The van der Waals surface area contributed by atoms with E-state index in [0.29, 0.717) is 27.2 Å². The van der Waals surface area contributed by atoms with E-state index in [2.05, 4.69) is 10.3 Å². The SMILES string of the molecule is COc1ccc(N2C(=S)N[C@H](c3ccccn3)[C@@H]2c2ccc(-c3cc(C(=O)O)ccc3Cl)o2)cc1. The lowest BCUT2D eigenvalue weighted by molar-refractivity contribution is 0.0697. The van der Waals surface area contributed by atoms with Crippen LogP contribution in [0.2, 0.25) is 5.02 Å². The van der Waals surface area contributed by atoms with E-state index in [1.165, 1.54) is 12.1 Å². The molecule has 0 bridgehead atoms. The van der Waals surface area contributed by atoms with Gasteiger partial charge in [0.1, 0.15) is 23.3 Å². The average molecular weight is 506 g/mol. The minimum Gasteiger partial charge on any atom is -0.497 e. The van der Waals surface area contributed by atoms with Crippen LogP contribution in [0.4, 0.5) is 5.69 Å². The highest BCUT2D eigenvalue weighted by Crippen LogP contribution is 2.43. The zero-order chi connectivity index (χ0) is 24.5. The minimum atomic E-state index is -1.04. The summed E-state index contributed by atoms with van der Waals surface area (Å²) in [5, 5.41) is 13.7. The quantitative estimate of drug-likeness (QED) is 0.314. The number of nitrogens with one attached hydrogen (secondary N) is 1. The summed E-state index contributed by atoms with van der Waals surface area (Å²) in [6, 6.07) is 20.8. The van der Waals surface area contributed by atoms with Crippen LogP contribution in [-0.4, -0.2) is 28.3 Å². The van der Waals surface area contributed by atoms with Crippen molar-refractivity contribution in [2.45, 2.75) is 12.1 Å². The summed E-state index contributed by atoms with van der Waals surface area (Å²) in [6.45, 7) is 0.